The van der Waals surface area contributed by atoms with Crippen molar-refractivity contribution in [2.45, 2.75) is 27.7 Å². The van der Waals surface area contributed by atoms with Crippen molar-refractivity contribution in [2.24, 2.45) is 11.8 Å². The van der Waals surface area contributed by atoms with E-state index in [1.54, 1.807) is 0 Å². The van der Waals surface area contributed by atoms with Crippen molar-refractivity contribution < 1.29 is 0 Å². The first-order chi connectivity index (χ1) is 5.56. The summed E-state index contributed by atoms with van der Waals surface area (Å²) in [5.41, 5.74) is 0. The summed E-state index contributed by atoms with van der Waals surface area (Å²) in [6.07, 6.45) is 6.18. The molecule has 0 unspecified atom stereocenters. The minimum atomic E-state index is 0.242. The van der Waals surface area contributed by atoms with Crippen molar-refractivity contribution in [3.05, 3.63) is 12.7 Å². The highest BCUT2D eigenvalue weighted by Gasteiger charge is 2.09. The van der Waals surface area contributed by atoms with Crippen molar-refractivity contribution in [2.75, 3.05) is 18.5 Å². The fraction of sp³-hybridized carbons (Fsp3) is 0.818. The van der Waals surface area contributed by atoms with E-state index >= 15 is 0 Å². The fourth-order valence-corrected chi connectivity index (χ4v) is 4.32. The zero-order valence-corrected chi connectivity index (χ0v) is 9.90. The first-order valence-electron chi connectivity index (χ1n) is 4.89. The highest BCUT2D eigenvalue weighted by Crippen LogP contribution is 2.39. The molecule has 0 bridgehead atoms. The van der Waals surface area contributed by atoms with Crippen LogP contribution in [-0.4, -0.2) is 18.5 Å². The van der Waals surface area contributed by atoms with Gasteiger partial charge < -0.3 is 0 Å². The van der Waals surface area contributed by atoms with Gasteiger partial charge in [0.2, 0.25) is 0 Å². The standard InChI is InChI=1S/C11H23P/c1-6-7-12(8-10(2)3)9-11(4)5/h6,10-11H,1,7-9H2,2-5H3. The third-order valence-electron chi connectivity index (χ3n) is 1.63. The van der Waals surface area contributed by atoms with Gasteiger partial charge in [0.25, 0.3) is 0 Å². The van der Waals surface area contributed by atoms with Gasteiger partial charge in [0.15, 0.2) is 0 Å². The monoisotopic (exact) mass is 186 g/mol. The Morgan fingerprint density at radius 1 is 1.08 bits per heavy atom. The maximum atomic E-state index is 3.83. The van der Waals surface area contributed by atoms with Crippen molar-refractivity contribution in [3.63, 3.8) is 0 Å². The van der Waals surface area contributed by atoms with Crippen LogP contribution < -0.4 is 0 Å². The molecule has 0 aliphatic heterocycles. The van der Waals surface area contributed by atoms with Gasteiger partial charge in [-0.25, -0.2) is 0 Å². The summed E-state index contributed by atoms with van der Waals surface area (Å²) >= 11 is 0. The van der Waals surface area contributed by atoms with E-state index in [0.29, 0.717) is 0 Å². The van der Waals surface area contributed by atoms with Crippen LogP contribution in [0.2, 0.25) is 0 Å². The molecule has 72 valence electrons. The topological polar surface area (TPSA) is 0 Å². The second-order valence-electron chi connectivity index (χ2n) is 4.29. The lowest BCUT2D eigenvalue weighted by Gasteiger charge is -2.20. The maximum Gasteiger partial charge on any atom is -0.0147 e. The fourth-order valence-electron chi connectivity index (χ4n) is 1.44. The van der Waals surface area contributed by atoms with E-state index in [-0.39, 0.29) is 7.92 Å². The maximum absolute atomic E-state index is 3.83. The van der Waals surface area contributed by atoms with Crippen LogP contribution in [0.1, 0.15) is 27.7 Å². The molecule has 0 rings (SSSR count). The molecule has 0 saturated carbocycles. The molecule has 0 heterocycles. The van der Waals surface area contributed by atoms with E-state index in [0.717, 1.165) is 11.8 Å². The minimum Gasteiger partial charge on any atom is -0.103 e. The third kappa shape index (κ3) is 6.85. The van der Waals surface area contributed by atoms with Gasteiger partial charge in [-0.3, -0.25) is 0 Å². The summed E-state index contributed by atoms with van der Waals surface area (Å²) in [5.74, 6) is 1.71. The van der Waals surface area contributed by atoms with Gasteiger partial charge in [-0.1, -0.05) is 33.8 Å². The predicted molar refractivity (Wildman–Crippen MR) is 61.4 cm³/mol. The average Bonchev–Trinajstić information content (AvgIpc) is 1.84. The first-order valence-corrected chi connectivity index (χ1v) is 6.79. The van der Waals surface area contributed by atoms with Gasteiger partial charge >= 0.3 is 0 Å². The Balaban J connectivity index is 3.77. The minimum absolute atomic E-state index is 0.242. The Morgan fingerprint density at radius 3 is 1.75 bits per heavy atom. The lowest BCUT2D eigenvalue weighted by atomic mass is 10.3. The van der Waals surface area contributed by atoms with Gasteiger partial charge in [-0.05, 0) is 30.3 Å². The predicted octanol–water partition coefficient (Wildman–Crippen LogP) is 3.97. The van der Waals surface area contributed by atoms with Gasteiger partial charge in [0.1, 0.15) is 0 Å². The number of rotatable bonds is 6. The molecule has 0 aliphatic rings. The quantitative estimate of drug-likeness (QED) is 0.435. The van der Waals surface area contributed by atoms with Crippen LogP contribution in [0.3, 0.4) is 0 Å². The average molecular weight is 186 g/mol. The first kappa shape index (κ1) is 12.2. The second kappa shape index (κ2) is 6.66. The zero-order chi connectivity index (χ0) is 9.56. The molecule has 0 amide bonds. The Hall–Kier alpha value is 0.170. The zero-order valence-electron chi connectivity index (χ0n) is 9.01. The van der Waals surface area contributed by atoms with Gasteiger partial charge in [0, 0.05) is 0 Å². The summed E-state index contributed by atoms with van der Waals surface area (Å²) < 4.78 is 0. The van der Waals surface area contributed by atoms with Crippen molar-refractivity contribution in [1.82, 2.24) is 0 Å². The lowest BCUT2D eigenvalue weighted by Crippen LogP contribution is -2.03. The Labute approximate surface area is 79.2 Å². The van der Waals surface area contributed by atoms with E-state index in [2.05, 4.69) is 40.3 Å². The molecule has 0 nitrogen and oxygen atoms in total. The molecule has 0 aliphatic carbocycles. The largest absolute Gasteiger partial charge is 0.103 e. The van der Waals surface area contributed by atoms with Crippen LogP contribution in [-0.2, 0) is 0 Å². The molecule has 0 aromatic rings. The van der Waals surface area contributed by atoms with Gasteiger partial charge in [-0.15, -0.1) is 14.5 Å². The molecule has 0 atom stereocenters. The van der Waals surface area contributed by atoms with Crippen LogP contribution in [0, 0.1) is 11.8 Å². The number of hydrogen-bond acceptors (Lipinski definition) is 0. The molecule has 1 heteroatoms. The van der Waals surface area contributed by atoms with E-state index in [4.69, 9.17) is 0 Å². The number of hydrogen-bond donors (Lipinski definition) is 0. The van der Waals surface area contributed by atoms with Crippen molar-refractivity contribution in [1.29, 1.82) is 0 Å². The molecular weight excluding hydrogens is 163 g/mol. The Kier molecular flexibility index (Phi) is 6.76. The van der Waals surface area contributed by atoms with Crippen molar-refractivity contribution in [3.8, 4) is 0 Å². The van der Waals surface area contributed by atoms with E-state index in [9.17, 15) is 0 Å². The Morgan fingerprint density at radius 2 is 1.50 bits per heavy atom. The summed E-state index contributed by atoms with van der Waals surface area (Å²) in [4.78, 5) is 0. The van der Waals surface area contributed by atoms with Crippen molar-refractivity contribution >= 4 is 7.92 Å². The van der Waals surface area contributed by atoms with Gasteiger partial charge in [0.05, 0.1) is 0 Å². The summed E-state index contributed by atoms with van der Waals surface area (Å²) in [5, 5.41) is 0. The normalized spacial score (nSPS) is 11.6. The van der Waals surface area contributed by atoms with Crippen LogP contribution in [0.5, 0.6) is 0 Å². The molecule has 0 fully saturated rings. The van der Waals surface area contributed by atoms with E-state index < -0.39 is 0 Å². The molecule has 0 saturated heterocycles. The SMILES string of the molecule is C=CCP(CC(C)C)CC(C)C. The van der Waals surface area contributed by atoms with Crippen LogP contribution in [0.4, 0.5) is 0 Å². The summed E-state index contributed by atoms with van der Waals surface area (Å²) in [6, 6.07) is 0. The molecule has 0 radical (unpaired) electrons. The third-order valence-corrected chi connectivity index (χ3v) is 4.90. The van der Waals surface area contributed by atoms with E-state index in [1.807, 2.05) is 0 Å². The molecule has 12 heavy (non-hydrogen) atoms. The van der Waals surface area contributed by atoms with Crippen LogP contribution in [0.15, 0.2) is 12.7 Å². The van der Waals surface area contributed by atoms with Crippen LogP contribution in [0.25, 0.3) is 0 Å². The highest BCUT2D eigenvalue weighted by atomic mass is 31.1. The van der Waals surface area contributed by atoms with Crippen LogP contribution >= 0.6 is 7.92 Å². The molecule has 0 spiro atoms. The lowest BCUT2D eigenvalue weighted by molar-refractivity contribution is 0.719. The Bertz CT molecular complexity index is 106. The second-order valence-corrected chi connectivity index (χ2v) is 6.73. The smallest absolute Gasteiger partial charge is 0.0147 e. The van der Waals surface area contributed by atoms with Gasteiger partial charge in [-0.2, -0.15) is 0 Å². The summed E-state index contributed by atoms with van der Waals surface area (Å²) in [6.45, 7) is 13.1. The molecular formula is C11H23P. The van der Waals surface area contributed by atoms with E-state index in [1.165, 1.54) is 18.5 Å². The molecule has 0 N–H and O–H groups in total. The molecule has 0 aromatic heterocycles. The highest BCUT2D eigenvalue weighted by molar-refractivity contribution is 7.57. The number of allylic oxidation sites excluding steroid dienone is 1. The summed E-state index contributed by atoms with van der Waals surface area (Å²) in [7, 11) is 0.242. The molecule has 0 aromatic carbocycles.